The van der Waals surface area contributed by atoms with Gasteiger partial charge in [0.15, 0.2) is 0 Å². The van der Waals surface area contributed by atoms with Crippen molar-refractivity contribution in [3.8, 4) is 0 Å². The van der Waals surface area contributed by atoms with Crippen LogP contribution < -0.4 is 0 Å². The molecule has 104 valence electrons. The van der Waals surface area contributed by atoms with Crippen LogP contribution in [-0.4, -0.2) is 4.92 Å². The van der Waals surface area contributed by atoms with E-state index >= 15 is 0 Å². The number of benzene rings is 2. The fourth-order valence-electron chi connectivity index (χ4n) is 1.68. The van der Waals surface area contributed by atoms with E-state index in [1.807, 2.05) is 18.2 Å². The molecule has 2 rings (SSSR count). The Bertz CT molecular complexity index is 634. The van der Waals surface area contributed by atoms with Crippen molar-refractivity contribution in [1.29, 1.82) is 0 Å². The van der Waals surface area contributed by atoms with Gasteiger partial charge in [0.25, 0.3) is 0 Å². The summed E-state index contributed by atoms with van der Waals surface area (Å²) in [4.78, 5) is 9.73. The second-order valence-corrected chi connectivity index (χ2v) is 4.53. The SMILES string of the molecule is O=[N+]([O-])c1ccc(COCc2ccccc2Cl)cc1F. The Hall–Kier alpha value is -1.98. The van der Waals surface area contributed by atoms with Gasteiger partial charge in [-0.3, -0.25) is 10.1 Å². The highest BCUT2D eigenvalue weighted by molar-refractivity contribution is 6.31. The molecule has 6 heteroatoms. The van der Waals surface area contributed by atoms with E-state index in [9.17, 15) is 14.5 Å². The van der Waals surface area contributed by atoms with Crippen LogP contribution in [0.1, 0.15) is 11.1 Å². The molecule has 0 aliphatic heterocycles. The van der Waals surface area contributed by atoms with Gasteiger partial charge < -0.3 is 4.74 Å². The first kappa shape index (κ1) is 14.4. The molecule has 2 aromatic rings. The zero-order valence-electron chi connectivity index (χ0n) is 10.4. The molecule has 0 saturated carbocycles. The van der Waals surface area contributed by atoms with E-state index in [1.54, 1.807) is 6.07 Å². The summed E-state index contributed by atoms with van der Waals surface area (Å²) in [7, 11) is 0. The van der Waals surface area contributed by atoms with Gasteiger partial charge in [-0.2, -0.15) is 4.39 Å². The summed E-state index contributed by atoms with van der Waals surface area (Å²) in [5.74, 6) is -0.867. The fraction of sp³-hybridized carbons (Fsp3) is 0.143. The highest BCUT2D eigenvalue weighted by atomic mass is 35.5. The molecule has 0 atom stereocenters. The summed E-state index contributed by atoms with van der Waals surface area (Å²) in [6, 6.07) is 10.9. The molecule has 0 heterocycles. The van der Waals surface area contributed by atoms with E-state index in [2.05, 4.69) is 0 Å². The van der Waals surface area contributed by atoms with Gasteiger partial charge in [0.1, 0.15) is 0 Å². The number of rotatable bonds is 5. The summed E-state index contributed by atoms with van der Waals surface area (Å²) < 4.78 is 18.8. The van der Waals surface area contributed by atoms with Crippen molar-refractivity contribution in [3.05, 3.63) is 74.5 Å². The van der Waals surface area contributed by atoms with Crippen LogP contribution in [-0.2, 0) is 18.0 Å². The van der Waals surface area contributed by atoms with Crippen LogP contribution in [0.25, 0.3) is 0 Å². The minimum atomic E-state index is -0.867. The third-order valence-electron chi connectivity index (χ3n) is 2.69. The Morgan fingerprint density at radius 1 is 1.20 bits per heavy atom. The van der Waals surface area contributed by atoms with Gasteiger partial charge in [-0.25, -0.2) is 0 Å². The standard InChI is InChI=1S/C14H11ClFNO3/c15-12-4-2-1-3-11(12)9-20-8-10-5-6-14(17(18)19)13(16)7-10/h1-7H,8-9H2. The summed E-state index contributed by atoms with van der Waals surface area (Å²) >= 11 is 5.97. The number of halogens is 2. The van der Waals surface area contributed by atoms with Crippen LogP contribution >= 0.6 is 11.6 Å². The van der Waals surface area contributed by atoms with Crippen molar-refractivity contribution in [2.45, 2.75) is 13.2 Å². The second-order valence-electron chi connectivity index (χ2n) is 4.13. The monoisotopic (exact) mass is 295 g/mol. The van der Waals surface area contributed by atoms with E-state index in [0.717, 1.165) is 17.7 Å². The van der Waals surface area contributed by atoms with E-state index < -0.39 is 16.4 Å². The van der Waals surface area contributed by atoms with E-state index in [-0.39, 0.29) is 13.2 Å². The summed E-state index contributed by atoms with van der Waals surface area (Å²) in [5, 5.41) is 11.1. The van der Waals surface area contributed by atoms with Crippen molar-refractivity contribution in [1.82, 2.24) is 0 Å². The Labute approximate surface area is 119 Å². The lowest BCUT2D eigenvalue weighted by atomic mass is 10.2. The molecule has 20 heavy (non-hydrogen) atoms. The average Bonchev–Trinajstić information content (AvgIpc) is 2.40. The zero-order chi connectivity index (χ0) is 14.5. The zero-order valence-corrected chi connectivity index (χ0v) is 11.1. The van der Waals surface area contributed by atoms with Crippen LogP contribution in [0.3, 0.4) is 0 Å². The van der Waals surface area contributed by atoms with Crippen LogP contribution in [0.4, 0.5) is 10.1 Å². The van der Waals surface area contributed by atoms with Crippen molar-refractivity contribution >= 4 is 17.3 Å². The normalized spacial score (nSPS) is 10.5. The maximum Gasteiger partial charge on any atom is 0.304 e. The first-order valence-electron chi connectivity index (χ1n) is 5.82. The van der Waals surface area contributed by atoms with Gasteiger partial charge in [0.05, 0.1) is 18.1 Å². The van der Waals surface area contributed by atoms with E-state index in [4.69, 9.17) is 16.3 Å². The van der Waals surface area contributed by atoms with Gasteiger partial charge in [0, 0.05) is 11.1 Å². The van der Waals surface area contributed by atoms with Crippen molar-refractivity contribution < 1.29 is 14.1 Å². The molecule has 0 bridgehead atoms. The molecule has 0 N–H and O–H groups in total. The first-order valence-corrected chi connectivity index (χ1v) is 6.19. The van der Waals surface area contributed by atoms with Crippen LogP contribution in [0.5, 0.6) is 0 Å². The highest BCUT2D eigenvalue weighted by Crippen LogP contribution is 2.20. The number of nitro groups is 1. The van der Waals surface area contributed by atoms with E-state index in [0.29, 0.717) is 10.6 Å². The average molecular weight is 296 g/mol. The van der Waals surface area contributed by atoms with Gasteiger partial charge >= 0.3 is 5.69 Å². The summed E-state index contributed by atoms with van der Waals surface area (Å²) in [6.07, 6.45) is 0. The van der Waals surface area contributed by atoms with E-state index in [1.165, 1.54) is 6.07 Å². The predicted molar refractivity (Wildman–Crippen MR) is 73.0 cm³/mol. The van der Waals surface area contributed by atoms with Crippen LogP contribution in [0, 0.1) is 15.9 Å². The van der Waals surface area contributed by atoms with Gasteiger partial charge in [0.2, 0.25) is 5.82 Å². The van der Waals surface area contributed by atoms with Gasteiger partial charge in [-0.1, -0.05) is 29.8 Å². The lowest BCUT2D eigenvalue weighted by Gasteiger charge is -2.06. The molecule has 0 aromatic heterocycles. The van der Waals surface area contributed by atoms with Crippen molar-refractivity contribution in [2.75, 3.05) is 0 Å². The number of hydrogen-bond acceptors (Lipinski definition) is 3. The third-order valence-corrected chi connectivity index (χ3v) is 3.06. The molecular weight excluding hydrogens is 285 g/mol. The minimum Gasteiger partial charge on any atom is -0.372 e. The second kappa shape index (κ2) is 6.45. The molecule has 0 aliphatic carbocycles. The number of nitrogens with zero attached hydrogens (tertiary/aromatic N) is 1. The summed E-state index contributed by atoms with van der Waals surface area (Å²) in [6.45, 7) is 0.443. The quantitative estimate of drug-likeness (QED) is 0.616. The largest absolute Gasteiger partial charge is 0.372 e. The Morgan fingerprint density at radius 3 is 2.60 bits per heavy atom. The molecular formula is C14H11ClFNO3. The molecule has 0 unspecified atom stereocenters. The van der Waals surface area contributed by atoms with Crippen LogP contribution in [0.15, 0.2) is 42.5 Å². The molecule has 2 aromatic carbocycles. The topological polar surface area (TPSA) is 52.4 Å². The molecule has 0 spiro atoms. The number of hydrogen-bond donors (Lipinski definition) is 0. The first-order chi connectivity index (χ1) is 9.58. The Kier molecular flexibility index (Phi) is 4.65. The minimum absolute atomic E-state index is 0.153. The molecule has 0 fully saturated rings. The van der Waals surface area contributed by atoms with Crippen LogP contribution in [0.2, 0.25) is 5.02 Å². The maximum atomic E-state index is 13.4. The highest BCUT2D eigenvalue weighted by Gasteiger charge is 2.13. The number of nitro benzene ring substituents is 1. The maximum absolute atomic E-state index is 13.4. The van der Waals surface area contributed by atoms with Crippen molar-refractivity contribution in [2.24, 2.45) is 0 Å². The van der Waals surface area contributed by atoms with Gasteiger partial charge in [-0.05, 0) is 29.3 Å². The Balaban J connectivity index is 1.97. The Morgan fingerprint density at radius 2 is 1.95 bits per heavy atom. The molecule has 0 aliphatic rings. The smallest absolute Gasteiger partial charge is 0.304 e. The van der Waals surface area contributed by atoms with Gasteiger partial charge in [-0.15, -0.1) is 0 Å². The molecule has 4 nitrogen and oxygen atoms in total. The third kappa shape index (κ3) is 3.53. The number of ether oxygens (including phenoxy) is 1. The molecule has 0 saturated heterocycles. The summed E-state index contributed by atoms with van der Waals surface area (Å²) in [5.41, 5.74) is 0.816. The molecule has 0 radical (unpaired) electrons. The lowest BCUT2D eigenvalue weighted by Crippen LogP contribution is -1.97. The molecule has 0 amide bonds. The lowest BCUT2D eigenvalue weighted by molar-refractivity contribution is -0.387. The van der Waals surface area contributed by atoms with Crippen molar-refractivity contribution in [3.63, 3.8) is 0 Å². The fourth-order valence-corrected chi connectivity index (χ4v) is 1.87. The predicted octanol–water partition coefficient (Wildman–Crippen LogP) is 4.10.